The zero-order valence-corrected chi connectivity index (χ0v) is 39.9. The van der Waals surface area contributed by atoms with Crippen molar-refractivity contribution in [3.63, 3.8) is 0 Å². The third-order valence-corrected chi connectivity index (χ3v) is 13.1. The van der Waals surface area contributed by atoms with Crippen LogP contribution in [0.4, 0.5) is 28.4 Å². The highest BCUT2D eigenvalue weighted by atomic mass is 19.4. The number of nitrogens with zero attached hydrogens (tertiary/aromatic N) is 4. The van der Waals surface area contributed by atoms with Crippen molar-refractivity contribution in [1.29, 1.82) is 0 Å². The molecule has 18 heteroatoms. The highest BCUT2D eigenvalue weighted by molar-refractivity contribution is 5.87. The molecule has 5 aromatic rings. The maximum atomic E-state index is 13.7. The van der Waals surface area contributed by atoms with Gasteiger partial charge in [-0.15, -0.1) is 0 Å². The minimum absolute atomic E-state index is 0.139. The number of anilines is 1. The Morgan fingerprint density at radius 3 is 1.59 bits per heavy atom. The van der Waals surface area contributed by atoms with E-state index in [4.69, 9.17) is 9.47 Å². The molecule has 7 rings (SSSR count). The second-order valence-corrected chi connectivity index (χ2v) is 18.4. The lowest BCUT2D eigenvalue weighted by atomic mass is 9.97. The molecule has 2 aromatic heterocycles. The largest absolute Gasteiger partial charge is 0.453 e. The van der Waals surface area contributed by atoms with E-state index in [-0.39, 0.29) is 41.8 Å². The number of hydrogen-bond acceptors (Lipinski definition) is 9. The van der Waals surface area contributed by atoms with Gasteiger partial charge >= 0.3 is 18.4 Å². The molecular formula is C51H62F3N9O6. The Labute approximate surface area is 400 Å². The molecule has 5 atom stereocenters. The molecule has 5 N–H and O–H groups in total. The van der Waals surface area contributed by atoms with Gasteiger partial charge in [-0.1, -0.05) is 76.2 Å². The quantitative estimate of drug-likeness (QED) is 0.0605. The Bertz CT molecular complexity index is 2520. The number of nitrogens with one attached hydrogen (secondary N) is 5. The molecular weight excluding hydrogens is 892 g/mol. The molecule has 0 bridgehead atoms. The fraction of sp³-hybridized carbons (Fsp3) is 0.451. The molecule has 2 fully saturated rings. The number of aromatic amines is 2. The predicted molar refractivity (Wildman–Crippen MR) is 255 cm³/mol. The molecule has 0 saturated carbocycles. The number of aromatic nitrogens is 4. The van der Waals surface area contributed by atoms with Crippen LogP contribution in [0, 0.1) is 11.8 Å². The highest BCUT2D eigenvalue weighted by Crippen LogP contribution is 2.36. The molecule has 15 nitrogen and oxygen atoms in total. The van der Waals surface area contributed by atoms with E-state index < -0.39 is 36.0 Å². The predicted octanol–water partition coefficient (Wildman–Crippen LogP) is 9.75. The minimum atomic E-state index is -4.44. The van der Waals surface area contributed by atoms with E-state index in [2.05, 4.69) is 48.0 Å². The first kappa shape index (κ1) is 50.0. The third kappa shape index (κ3) is 12.1. The molecule has 3 aromatic carbocycles. The summed E-state index contributed by atoms with van der Waals surface area (Å²) in [5.41, 5.74) is 5.32. The third-order valence-electron chi connectivity index (χ3n) is 13.1. The number of rotatable bonds is 17. The summed E-state index contributed by atoms with van der Waals surface area (Å²) in [7, 11) is 2.54. The van der Waals surface area contributed by atoms with E-state index in [0.717, 1.165) is 84.3 Å². The van der Waals surface area contributed by atoms with Crippen LogP contribution in [-0.4, -0.2) is 93.1 Å². The fourth-order valence-corrected chi connectivity index (χ4v) is 9.23. The average Bonchev–Trinajstić information content (AvgIpc) is 4.19. The number of likely N-dealkylation sites (tertiary alicyclic amines) is 2. The molecule has 5 unspecified atom stereocenters. The summed E-state index contributed by atoms with van der Waals surface area (Å²) in [4.78, 5) is 71.1. The van der Waals surface area contributed by atoms with Gasteiger partial charge in [-0.2, -0.15) is 13.2 Å². The van der Waals surface area contributed by atoms with Crippen molar-refractivity contribution in [3.05, 3.63) is 114 Å². The van der Waals surface area contributed by atoms with Crippen molar-refractivity contribution in [1.82, 2.24) is 40.4 Å². The molecule has 0 aliphatic carbocycles. The van der Waals surface area contributed by atoms with Crippen LogP contribution in [0.15, 0.2) is 85.2 Å². The Morgan fingerprint density at radius 1 is 0.696 bits per heavy atom. The lowest BCUT2D eigenvalue weighted by Gasteiger charge is -2.30. The van der Waals surface area contributed by atoms with Gasteiger partial charge in [-0.05, 0) is 103 Å². The molecule has 0 radical (unpaired) electrons. The first-order valence-corrected chi connectivity index (χ1v) is 23.6. The monoisotopic (exact) mass is 953 g/mol. The number of alkyl halides is 3. The smallest absolute Gasteiger partial charge is 0.416 e. The van der Waals surface area contributed by atoms with Crippen molar-refractivity contribution in [2.75, 3.05) is 32.6 Å². The number of ether oxygens (including phenoxy) is 2. The standard InChI is InChI=1S/C51H62F3N9O6/c1-30(2)43(60-49(66)68-5)47(64)62-26-8-12-41(62)45-55-28-39(58-45)34-16-14-32(15-17-34)10-7-11-38(57-37-24-22-36(23-25-37)51(52,53)54)33-18-20-35(21-19-33)40-29-56-46(59-40)42-13-9-27-63(42)48(65)44(31(3)4)61-50(67)69-6/h14-25,28-31,38,41-44,57H,7-13,26-27H2,1-6H3,(H,55,58)(H,56,59)(H,60,66)(H,61,67). The van der Waals surface area contributed by atoms with Gasteiger partial charge in [0.25, 0.3) is 0 Å². The molecule has 4 amide bonds. The van der Waals surface area contributed by atoms with Gasteiger partial charge in [-0.25, -0.2) is 19.6 Å². The van der Waals surface area contributed by atoms with E-state index >= 15 is 0 Å². The number of carbonyl (C=O) groups is 4. The van der Waals surface area contributed by atoms with Crippen LogP contribution < -0.4 is 16.0 Å². The number of amides is 4. The maximum absolute atomic E-state index is 13.7. The van der Waals surface area contributed by atoms with Crippen molar-refractivity contribution < 1.29 is 41.8 Å². The Hall–Kier alpha value is -6.85. The zero-order chi connectivity index (χ0) is 49.4. The van der Waals surface area contributed by atoms with Crippen molar-refractivity contribution >= 4 is 29.7 Å². The average molecular weight is 954 g/mol. The maximum Gasteiger partial charge on any atom is 0.416 e. The van der Waals surface area contributed by atoms with E-state index in [1.54, 1.807) is 22.2 Å². The number of aryl methyl sites for hydroxylation is 1. The second kappa shape index (κ2) is 22.1. The van der Waals surface area contributed by atoms with E-state index in [9.17, 15) is 32.3 Å². The summed E-state index contributed by atoms with van der Waals surface area (Å²) in [6.07, 6.45) is 3.03. The number of benzene rings is 3. The van der Waals surface area contributed by atoms with Gasteiger partial charge < -0.3 is 45.2 Å². The molecule has 4 heterocycles. The molecule has 2 aliphatic heterocycles. The summed E-state index contributed by atoms with van der Waals surface area (Å²) >= 11 is 0. The Kier molecular flexibility index (Phi) is 16.0. The van der Waals surface area contributed by atoms with Crippen LogP contribution in [0.25, 0.3) is 22.5 Å². The molecule has 2 saturated heterocycles. The van der Waals surface area contributed by atoms with Crippen molar-refractivity contribution in [2.45, 2.75) is 109 Å². The van der Waals surface area contributed by atoms with Crippen LogP contribution in [0.5, 0.6) is 0 Å². The van der Waals surface area contributed by atoms with Gasteiger partial charge in [0.15, 0.2) is 0 Å². The van der Waals surface area contributed by atoms with Gasteiger partial charge in [-0.3, -0.25) is 9.59 Å². The summed E-state index contributed by atoms with van der Waals surface area (Å²) in [6.45, 7) is 8.60. The van der Waals surface area contributed by atoms with E-state index in [1.165, 1.54) is 26.4 Å². The normalized spacial score (nSPS) is 17.4. The van der Waals surface area contributed by atoms with Crippen molar-refractivity contribution in [2.24, 2.45) is 11.8 Å². The van der Waals surface area contributed by atoms with Crippen LogP contribution in [-0.2, 0) is 31.7 Å². The van der Waals surface area contributed by atoms with Crippen LogP contribution in [0.2, 0.25) is 0 Å². The number of halogens is 3. The number of imidazole rings is 2. The van der Waals surface area contributed by atoms with E-state index in [0.29, 0.717) is 36.8 Å². The second-order valence-electron chi connectivity index (χ2n) is 18.4. The van der Waals surface area contributed by atoms with Gasteiger partial charge in [0, 0.05) is 18.8 Å². The first-order valence-electron chi connectivity index (χ1n) is 23.6. The lowest BCUT2D eigenvalue weighted by Crippen LogP contribution is -2.51. The SMILES string of the molecule is COC(=O)NC(C(=O)N1CCCC1c1ncc(-c2ccc(CCCC(Nc3ccc(C(F)(F)F)cc3)c3ccc(-c4cnc(C5CCCN5C(=O)C(NC(=O)OC)C(C)C)[nH]4)cc3)cc2)[nH]1)C(C)C. The lowest BCUT2D eigenvalue weighted by molar-refractivity contribution is -0.138. The molecule has 2 aliphatic rings. The minimum Gasteiger partial charge on any atom is -0.453 e. The van der Waals surface area contributed by atoms with Gasteiger partial charge in [0.05, 0.1) is 61.7 Å². The number of H-pyrrole nitrogens is 2. The van der Waals surface area contributed by atoms with Crippen molar-refractivity contribution in [3.8, 4) is 22.5 Å². The zero-order valence-electron chi connectivity index (χ0n) is 39.9. The van der Waals surface area contributed by atoms with Gasteiger partial charge in [0.2, 0.25) is 11.8 Å². The highest BCUT2D eigenvalue weighted by Gasteiger charge is 2.39. The number of hydrogen-bond donors (Lipinski definition) is 5. The number of methoxy groups -OCH3 is 2. The molecule has 0 spiro atoms. The molecule has 368 valence electrons. The Morgan fingerprint density at radius 2 is 1.16 bits per heavy atom. The summed E-state index contributed by atoms with van der Waals surface area (Å²) in [6, 6.07) is 19.0. The Balaban J connectivity index is 1.01. The van der Waals surface area contributed by atoms with Crippen LogP contribution >= 0.6 is 0 Å². The number of carbonyl (C=O) groups excluding carboxylic acids is 4. The number of alkyl carbamates (subject to hydrolysis) is 2. The van der Waals surface area contributed by atoms with Crippen LogP contribution in [0.3, 0.4) is 0 Å². The first-order chi connectivity index (χ1) is 33.0. The summed E-state index contributed by atoms with van der Waals surface area (Å²) in [5.74, 6) is 0.682. The summed E-state index contributed by atoms with van der Waals surface area (Å²) < 4.78 is 49.8. The fourth-order valence-electron chi connectivity index (χ4n) is 9.23. The summed E-state index contributed by atoms with van der Waals surface area (Å²) in [5, 5.41) is 8.84. The van der Waals surface area contributed by atoms with E-state index in [1.807, 2.05) is 64.1 Å². The van der Waals surface area contributed by atoms with Gasteiger partial charge in [0.1, 0.15) is 23.7 Å². The van der Waals surface area contributed by atoms with Crippen LogP contribution in [0.1, 0.15) is 113 Å². The molecule has 69 heavy (non-hydrogen) atoms. The topological polar surface area (TPSA) is 187 Å².